The number of carbonyl (C=O) groups is 2. The summed E-state index contributed by atoms with van der Waals surface area (Å²) >= 11 is 1.04. The van der Waals surface area contributed by atoms with Crippen LogP contribution < -0.4 is 10.2 Å². The molecule has 1 aliphatic heterocycles. The molecule has 1 unspecified atom stereocenters. The van der Waals surface area contributed by atoms with Gasteiger partial charge < -0.3 is 20.3 Å². The highest BCUT2D eigenvalue weighted by molar-refractivity contribution is 7.07. The molecule has 1 fully saturated rings. The number of aromatic amines is 1. The smallest absolute Gasteiger partial charge is 0.317 e. The van der Waals surface area contributed by atoms with E-state index in [1.807, 2.05) is 0 Å². The van der Waals surface area contributed by atoms with Crippen molar-refractivity contribution >= 4 is 23.3 Å². The van der Waals surface area contributed by atoms with Gasteiger partial charge in [0.25, 0.3) is 0 Å². The summed E-state index contributed by atoms with van der Waals surface area (Å²) in [4.78, 5) is 37.7. The highest BCUT2D eigenvalue weighted by Crippen LogP contribution is 2.16. The summed E-state index contributed by atoms with van der Waals surface area (Å²) < 4.78 is 0. The zero-order valence-corrected chi connectivity index (χ0v) is 11.0. The molecule has 8 heteroatoms. The standard InChI is InChI=1S/C11H15N3O4S/c15-9(16)7-2-1-3-14(5-7)10(17)12-4-8-6-19-11(18)13-8/h6-7H,1-5H2,(H,12,17)(H,13,18)(H,15,16). The summed E-state index contributed by atoms with van der Waals surface area (Å²) in [6.07, 6.45) is 1.30. The normalized spacial score (nSPS) is 19.2. The summed E-state index contributed by atoms with van der Waals surface area (Å²) in [6, 6.07) is -0.294. The predicted molar refractivity (Wildman–Crippen MR) is 69.1 cm³/mol. The number of thiazole rings is 1. The Kier molecular flexibility index (Phi) is 4.20. The van der Waals surface area contributed by atoms with Crippen molar-refractivity contribution in [3.8, 4) is 0 Å². The summed E-state index contributed by atoms with van der Waals surface area (Å²) in [6.45, 7) is 1.04. The van der Waals surface area contributed by atoms with Gasteiger partial charge in [-0.2, -0.15) is 0 Å². The van der Waals surface area contributed by atoms with E-state index in [2.05, 4.69) is 10.3 Å². The first-order chi connectivity index (χ1) is 9.06. The number of nitrogens with zero attached hydrogens (tertiary/aromatic N) is 1. The topological polar surface area (TPSA) is 102 Å². The Morgan fingerprint density at radius 3 is 3.00 bits per heavy atom. The number of piperidine rings is 1. The molecule has 0 radical (unpaired) electrons. The molecule has 1 aromatic rings. The molecule has 2 heterocycles. The Hall–Kier alpha value is -1.83. The fourth-order valence-electron chi connectivity index (χ4n) is 2.05. The molecular weight excluding hydrogens is 270 g/mol. The maximum absolute atomic E-state index is 11.9. The van der Waals surface area contributed by atoms with E-state index < -0.39 is 11.9 Å². The number of carboxylic acids is 1. The molecule has 3 N–H and O–H groups in total. The van der Waals surface area contributed by atoms with Crippen LogP contribution in [0.2, 0.25) is 0 Å². The Morgan fingerprint density at radius 2 is 2.37 bits per heavy atom. The van der Waals surface area contributed by atoms with Gasteiger partial charge in [0, 0.05) is 24.2 Å². The number of hydrogen-bond donors (Lipinski definition) is 3. The van der Waals surface area contributed by atoms with Gasteiger partial charge in [-0.25, -0.2) is 4.79 Å². The lowest BCUT2D eigenvalue weighted by Gasteiger charge is -2.30. The van der Waals surface area contributed by atoms with Gasteiger partial charge in [-0.3, -0.25) is 9.59 Å². The average Bonchev–Trinajstić information content (AvgIpc) is 2.82. The van der Waals surface area contributed by atoms with Crippen molar-refractivity contribution in [1.29, 1.82) is 0 Å². The largest absolute Gasteiger partial charge is 0.481 e. The van der Waals surface area contributed by atoms with Crippen LogP contribution in [0.15, 0.2) is 10.2 Å². The fourth-order valence-corrected chi connectivity index (χ4v) is 2.63. The number of carbonyl (C=O) groups excluding carboxylic acids is 1. The molecule has 1 aliphatic rings. The van der Waals surface area contributed by atoms with Crippen molar-refractivity contribution in [2.24, 2.45) is 5.92 Å². The third-order valence-corrected chi connectivity index (χ3v) is 3.78. The lowest BCUT2D eigenvalue weighted by atomic mass is 9.99. The van der Waals surface area contributed by atoms with Gasteiger partial charge in [-0.15, -0.1) is 0 Å². The molecule has 19 heavy (non-hydrogen) atoms. The number of urea groups is 1. The highest BCUT2D eigenvalue weighted by atomic mass is 32.1. The van der Waals surface area contributed by atoms with Gasteiger partial charge in [0.05, 0.1) is 12.5 Å². The second-order valence-corrected chi connectivity index (χ2v) is 5.30. The van der Waals surface area contributed by atoms with Gasteiger partial charge >= 0.3 is 16.9 Å². The van der Waals surface area contributed by atoms with E-state index in [-0.39, 0.29) is 24.0 Å². The number of carboxylic acid groups (broad SMARTS) is 1. The molecular formula is C11H15N3O4S. The maximum Gasteiger partial charge on any atom is 0.317 e. The predicted octanol–water partition coefficient (Wildman–Crippen LogP) is 0.443. The zero-order chi connectivity index (χ0) is 13.8. The molecule has 0 aliphatic carbocycles. The molecule has 0 aromatic carbocycles. The van der Waals surface area contributed by atoms with Crippen LogP contribution in [0.1, 0.15) is 18.5 Å². The first-order valence-corrected chi connectivity index (χ1v) is 6.86. The van der Waals surface area contributed by atoms with Gasteiger partial charge in [-0.05, 0) is 12.8 Å². The van der Waals surface area contributed by atoms with E-state index >= 15 is 0 Å². The molecule has 104 valence electrons. The van der Waals surface area contributed by atoms with E-state index in [4.69, 9.17) is 5.11 Å². The highest BCUT2D eigenvalue weighted by Gasteiger charge is 2.27. The van der Waals surface area contributed by atoms with Gasteiger partial charge in [-0.1, -0.05) is 11.3 Å². The lowest BCUT2D eigenvalue weighted by Crippen LogP contribution is -2.46. The van der Waals surface area contributed by atoms with Crippen molar-refractivity contribution in [2.45, 2.75) is 19.4 Å². The third-order valence-electron chi connectivity index (χ3n) is 3.06. The molecule has 0 spiro atoms. The van der Waals surface area contributed by atoms with Crippen LogP contribution in [0.4, 0.5) is 4.79 Å². The van der Waals surface area contributed by atoms with E-state index in [0.29, 0.717) is 25.1 Å². The Bertz CT molecular complexity index is 524. The maximum atomic E-state index is 11.9. The fraction of sp³-hybridized carbons (Fsp3) is 0.545. The molecule has 7 nitrogen and oxygen atoms in total. The van der Waals surface area contributed by atoms with Crippen LogP contribution in [-0.2, 0) is 11.3 Å². The summed E-state index contributed by atoms with van der Waals surface area (Å²) in [7, 11) is 0. The second-order valence-electron chi connectivity index (χ2n) is 4.46. The minimum Gasteiger partial charge on any atom is -0.481 e. The number of hydrogen-bond acceptors (Lipinski definition) is 4. The third kappa shape index (κ3) is 3.57. The van der Waals surface area contributed by atoms with Gasteiger partial charge in [0.15, 0.2) is 0 Å². The van der Waals surface area contributed by atoms with E-state index in [9.17, 15) is 14.4 Å². The summed E-state index contributed by atoms with van der Waals surface area (Å²) in [5, 5.41) is 13.3. The monoisotopic (exact) mass is 285 g/mol. The molecule has 0 bridgehead atoms. The molecule has 1 atom stereocenters. The van der Waals surface area contributed by atoms with E-state index in [1.165, 1.54) is 4.90 Å². The Balaban J connectivity index is 1.85. The van der Waals surface area contributed by atoms with Crippen LogP contribution >= 0.6 is 11.3 Å². The number of nitrogens with one attached hydrogen (secondary N) is 2. The van der Waals surface area contributed by atoms with Crippen molar-refractivity contribution in [1.82, 2.24) is 15.2 Å². The van der Waals surface area contributed by atoms with Crippen LogP contribution in [0.3, 0.4) is 0 Å². The Morgan fingerprint density at radius 1 is 1.58 bits per heavy atom. The molecule has 2 rings (SSSR count). The lowest BCUT2D eigenvalue weighted by molar-refractivity contribution is -0.143. The van der Waals surface area contributed by atoms with Gasteiger partial charge in [0.2, 0.25) is 0 Å². The van der Waals surface area contributed by atoms with Crippen molar-refractivity contribution in [3.05, 3.63) is 20.7 Å². The first-order valence-electron chi connectivity index (χ1n) is 5.98. The SMILES string of the molecule is O=C(O)C1CCCN(C(=O)NCc2csc(=O)[nH]2)C1. The first kappa shape index (κ1) is 13.6. The van der Waals surface area contributed by atoms with Crippen LogP contribution in [-0.4, -0.2) is 40.1 Å². The molecule has 1 aromatic heterocycles. The van der Waals surface area contributed by atoms with Crippen molar-refractivity contribution < 1.29 is 14.7 Å². The average molecular weight is 285 g/mol. The Labute approximate surface area is 113 Å². The zero-order valence-electron chi connectivity index (χ0n) is 10.2. The number of H-pyrrole nitrogens is 1. The van der Waals surface area contributed by atoms with Crippen LogP contribution in [0.5, 0.6) is 0 Å². The van der Waals surface area contributed by atoms with E-state index in [0.717, 1.165) is 11.3 Å². The van der Waals surface area contributed by atoms with Crippen molar-refractivity contribution in [3.63, 3.8) is 0 Å². The molecule has 2 amide bonds. The van der Waals surface area contributed by atoms with Crippen molar-refractivity contribution in [2.75, 3.05) is 13.1 Å². The van der Waals surface area contributed by atoms with Crippen LogP contribution in [0, 0.1) is 5.92 Å². The second kappa shape index (κ2) is 5.87. The minimum atomic E-state index is -0.861. The minimum absolute atomic E-state index is 0.159. The molecule has 1 saturated heterocycles. The van der Waals surface area contributed by atoms with Gasteiger partial charge in [0.1, 0.15) is 0 Å². The molecule has 0 saturated carbocycles. The number of rotatable bonds is 3. The summed E-state index contributed by atoms with van der Waals surface area (Å²) in [5.41, 5.74) is 0.648. The quantitative estimate of drug-likeness (QED) is 0.750. The number of likely N-dealkylation sites (tertiary alicyclic amines) is 1. The van der Waals surface area contributed by atoms with E-state index in [1.54, 1.807) is 5.38 Å². The summed E-state index contributed by atoms with van der Waals surface area (Å²) in [5.74, 6) is -1.35. The number of amides is 2. The van der Waals surface area contributed by atoms with Crippen LogP contribution in [0.25, 0.3) is 0 Å². The number of aromatic nitrogens is 1. The number of aliphatic carboxylic acids is 1.